The number of benzene rings is 2. The molecule has 162 valence electrons. The Balaban J connectivity index is 1.47. The number of hydrogen-bond donors (Lipinski definition) is 2. The number of nitrogens with one attached hydrogen (secondary N) is 1. The van der Waals surface area contributed by atoms with E-state index in [0.717, 1.165) is 0 Å². The number of sulfonamides is 1. The van der Waals surface area contributed by atoms with Crippen molar-refractivity contribution in [3.05, 3.63) is 71.9 Å². The summed E-state index contributed by atoms with van der Waals surface area (Å²) in [7, 11) is -3.86. The fourth-order valence-electron chi connectivity index (χ4n) is 3.09. The molecule has 7 nitrogen and oxygen atoms in total. The fourth-order valence-corrected chi connectivity index (χ4v) is 4.29. The minimum atomic E-state index is -4.98. The highest BCUT2D eigenvalue weighted by atomic mass is 32.2. The number of oxime groups is 1. The molecule has 0 radical (unpaired) electrons. The van der Waals surface area contributed by atoms with Crippen molar-refractivity contribution in [2.75, 3.05) is 0 Å². The van der Waals surface area contributed by atoms with Crippen LogP contribution in [0.2, 0.25) is 0 Å². The average Bonchev–Trinajstić information content (AvgIpc) is 3.16. The van der Waals surface area contributed by atoms with Gasteiger partial charge >= 0.3 is 12.0 Å². The zero-order valence-electron chi connectivity index (χ0n) is 15.8. The Morgan fingerprint density at radius 2 is 1.81 bits per heavy atom. The van der Waals surface area contributed by atoms with E-state index in [1.165, 1.54) is 24.4 Å². The van der Waals surface area contributed by atoms with E-state index in [1.807, 2.05) is 0 Å². The molecule has 0 bridgehead atoms. The van der Waals surface area contributed by atoms with E-state index in [2.05, 4.69) is 19.7 Å². The number of fused-ring (bicyclic) bond motifs is 1. The second-order valence-corrected chi connectivity index (χ2v) is 8.68. The van der Waals surface area contributed by atoms with E-state index in [1.54, 1.807) is 36.4 Å². The van der Waals surface area contributed by atoms with Crippen LogP contribution in [0.1, 0.15) is 17.5 Å². The summed E-state index contributed by atoms with van der Waals surface area (Å²) >= 11 is 0. The van der Waals surface area contributed by atoms with Crippen LogP contribution in [-0.2, 0) is 21.4 Å². The summed E-state index contributed by atoms with van der Waals surface area (Å²) < 4.78 is 66.5. The van der Waals surface area contributed by atoms with Crippen molar-refractivity contribution >= 4 is 26.6 Å². The Morgan fingerprint density at radius 3 is 2.48 bits per heavy atom. The molecule has 1 unspecified atom stereocenters. The molecule has 4 rings (SSSR count). The molecule has 1 atom stereocenters. The minimum Gasteiger partial charge on any atom is -0.350 e. The van der Waals surface area contributed by atoms with Gasteiger partial charge < -0.3 is 9.94 Å². The second-order valence-electron chi connectivity index (χ2n) is 6.94. The molecule has 0 saturated heterocycles. The molecule has 11 heteroatoms. The van der Waals surface area contributed by atoms with Gasteiger partial charge in [0.15, 0.2) is 0 Å². The van der Waals surface area contributed by atoms with Gasteiger partial charge in [-0.1, -0.05) is 47.6 Å². The maximum atomic E-state index is 12.8. The molecule has 31 heavy (non-hydrogen) atoms. The Morgan fingerprint density at radius 1 is 1.10 bits per heavy atom. The van der Waals surface area contributed by atoms with Crippen molar-refractivity contribution in [3.63, 3.8) is 0 Å². The van der Waals surface area contributed by atoms with Crippen LogP contribution in [0.25, 0.3) is 10.9 Å². The highest BCUT2D eigenvalue weighted by Crippen LogP contribution is 2.38. The number of nitrogens with zero attached hydrogens (tertiary/aromatic N) is 2. The lowest BCUT2D eigenvalue weighted by atomic mass is 10.0. The molecule has 1 aromatic heterocycles. The number of aliphatic hydroxyl groups is 1. The summed E-state index contributed by atoms with van der Waals surface area (Å²) in [5.74, 6) is -3.34. The van der Waals surface area contributed by atoms with Gasteiger partial charge in [0.25, 0.3) is 0 Å². The zero-order chi connectivity index (χ0) is 22.3. The quantitative estimate of drug-likeness (QED) is 0.621. The van der Waals surface area contributed by atoms with Gasteiger partial charge in [-0.25, -0.2) is 13.1 Å². The van der Waals surface area contributed by atoms with E-state index >= 15 is 0 Å². The number of para-hydroxylation sites is 1. The van der Waals surface area contributed by atoms with Gasteiger partial charge in [-0.15, -0.1) is 0 Å². The van der Waals surface area contributed by atoms with E-state index in [9.17, 15) is 26.7 Å². The first kappa shape index (κ1) is 21.2. The number of aromatic nitrogens is 1. The van der Waals surface area contributed by atoms with Crippen molar-refractivity contribution < 1.29 is 31.5 Å². The molecular formula is C20H16F3N3O4S. The summed E-state index contributed by atoms with van der Waals surface area (Å²) in [6.45, 7) is -0.0404. The maximum Gasteiger partial charge on any atom is 0.458 e. The zero-order valence-corrected chi connectivity index (χ0v) is 16.6. The van der Waals surface area contributed by atoms with Crippen LogP contribution in [0.3, 0.4) is 0 Å². The molecule has 1 aliphatic rings. The molecule has 2 N–H and O–H groups in total. The van der Waals surface area contributed by atoms with E-state index in [-0.39, 0.29) is 17.2 Å². The largest absolute Gasteiger partial charge is 0.458 e. The van der Waals surface area contributed by atoms with Gasteiger partial charge in [0, 0.05) is 18.1 Å². The predicted molar refractivity (Wildman–Crippen MR) is 105 cm³/mol. The molecular weight excluding hydrogens is 435 g/mol. The van der Waals surface area contributed by atoms with Gasteiger partial charge in [-0.2, -0.15) is 13.2 Å². The molecule has 0 amide bonds. The molecule has 3 aromatic rings. The molecule has 2 aromatic carbocycles. The normalized spacial score (nSPS) is 19.3. The molecule has 0 fully saturated rings. The Bertz CT molecular complexity index is 1260. The molecule has 0 aliphatic carbocycles. The third-order valence-electron chi connectivity index (χ3n) is 4.80. The Hall–Kier alpha value is -3.02. The van der Waals surface area contributed by atoms with E-state index in [4.69, 9.17) is 0 Å². The molecule has 2 heterocycles. The molecule has 0 spiro atoms. The third-order valence-corrected chi connectivity index (χ3v) is 6.23. The van der Waals surface area contributed by atoms with Crippen molar-refractivity contribution in [2.24, 2.45) is 5.16 Å². The number of rotatable bonds is 5. The summed E-state index contributed by atoms with van der Waals surface area (Å²) in [6, 6.07) is 14.4. The summed E-state index contributed by atoms with van der Waals surface area (Å²) in [5, 5.41) is 13.6. The van der Waals surface area contributed by atoms with Gasteiger partial charge in [-0.3, -0.25) is 4.98 Å². The minimum absolute atomic E-state index is 0.0404. The highest BCUT2D eigenvalue weighted by molar-refractivity contribution is 7.89. The number of halogens is 3. The second kappa shape index (κ2) is 7.59. The van der Waals surface area contributed by atoms with Crippen molar-refractivity contribution in [2.45, 2.75) is 29.8 Å². The average molecular weight is 451 g/mol. The monoisotopic (exact) mass is 451 g/mol. The highest BCUT2D eigenvalue weighted by Gasteiger charge is 2.60. The van der Waals surface area contributed by atoms with Crippen molar-refractivity contribution in [1.82, 2.24) is 9.71 Å². The van der Waals surface area contributed by atoms with Crippen LogP contribution in [0.15, 0.2) is 70.8 Å². The van der Waals surface area contributed by atoms with Crippen LogP contribution >= 0.6 is 0 Å². The number of pyridine rings is 1. The lowest BCUT2D eigenvalue weighted by molar-refractivity contribution is -0.355. The lowest BCUT2D eigenvalue weighted by Crippen LogP contribution is -2.45. The maximum absolute atomic E-state index is 12.8. The third kappa shape index (κ3) is 4.11. The Labute approximate surface area is 175 Å². The number of alkyl halides is 3. The molecule has 1 aliphatic heterocycles. The van der Waals surface area contributed by atoms with Gasteiger partial charge in [-0.05, 0) is 23.3 Å². The smallest absolute Gasteiger partial charge is 0.350 e. The molecule has 0 saturated carbocycles. The standard InChI is InChI=1S/C20H16F3N3O4S/c21-20(22,23)19(27)11-16(26-30-19)14-8-6-13(7-9-14)12-25-31(28,29)17-5-1-3-15-4-2-10-24-18(15)17/h1-10,25,27H,11-12H2. The fraction of sp³-hybridized carbons (Fsp3) is 0.200. The van der Waals surface area contributed by atoms with E-state index in [0.29, 0.717) is 22.0 Å². The van der Waals surface area contributed by atoms with E-state index < -0.39 is 28.4 Å². The first-order valence-electron chi connectivity index (χ1n) is 9.06. The van der Waals surface area contributed by atoms with Crippen LogP contribution in [0.4, 0.5) is 13.2 Å². The topological polar surface area (TPSA) is 101 Å². The Kier molecular flexibility index (Phi) is 5.20. The first-order chi connectivity index (χ1) is 14.6. The summed E-state index contributed by atoms with van der Waals surface area (Å²) in [6.07, 6.45) is -4.31. The van der Waals surface area contributed by atoms with Crippen LogP contribution in [0.5, 0.6) is 0 Å². The number of hydrogen-bond acceptors (Lipinski definition) is 6. The van der Waals surface area contributed by atoms with Crippen molar-refractivity contribution in [1.29, 1.82) is 0 Å². The van der Waals surface area contributed by atoms with Crippen molar-refractivity contribution in [3.8, 4) is 0 Å². The first-order valence-corrected chi connectivity index (χ1v) is 10.5. The summed E-state index contributed by atoms with van der Waals surface area (Å²) in [5.41, 5.74) is 1.19. The lowest BCUT2D eigenvalue weighted by Gasteiger charge is -2.22. The van der Waals surface area contributed by atoms with Crippen LogP contribution < -0.4 is 4.72 Å². The van der Waals surface area contributed by atoms with Gasteiger partial charge in [0.1, 0.15) is 4.90 Å². The van der Waals surface area contributed by atoms with Gasteiger partial charge in [0.2, 0.25) is 10.0 Å². The van der Waals surface area contributed by atoms with Gasteiger partial charge in [0.05, 0.1) is 17.6 Å². The predicted octanol–water partition coefficient (Wildman–Crippen LogP) is 3.09. The SMILES string of the molecule is O=S(=O)(NCc1ccc(C2=NOC(O)(C(F)(F)F)C2)cc1)c1cccc2cccnc12. The van der Waals surface area contributed by atoms with Crippen LogP contribution in [-0.4, -0.2) is 36.2 Å². The van der Waals surface area contributed by atoms with Crippen LogP contribution in [0, 0.1) is 0 Å². The summed E-state index contributed by atoms with van der Waals surface area (Å²) in [4.78, 5) is 8.39.